The molecule has 0 spiro atoms. The number of carbonyl (C=O) groups is 2. The number of amides is 1. The van der Waals surface area contributed by atoms with Gasteiger partial charge in [-0.25, -0.2) is 9.78 Å². The third kappa shape index (κ3) is 4.57. The molecule has 7 nitrogen and oxygen atoms in total. The summed E-state index contributed by atoms with van der Waals surface area (Å²) in [6.07, 6.45) is 0.638. The van der Waals surface area contributed by atoms with Crippen LogP contribution in [0.2, 0.25) is 0 Å². The zero-order valence-electron chi connectivity index (χ0n) is 13.0. The van der Waals surface area contributed by atoms with Gasteiger partial charge in [0.05, 0.1) is 24.4 Å². The van der Waals surface area contributed by atoms with Gasteiger partial charge in [0.2, 0.25) is 0 Å². The van der Waals surface area contributed by atoms with Crippen molar-refractivity contribution in [2.45, 2.75) is 26.0 Å². The van der Waals surface area contributed by atoms with Crippen LogP contribution in [0.15, 0.2) is 36.5 Å². The van der Waals surface area contributed by atoms with Crippen LogP contribution < -0.4 is 5.32 Å². The number of rotatable bonds is 6. The van der Waals surface area contributed by atoms with Crippen molar-refractivity contribution in [1.82, 2.24) is 14.9 Å². The predicted octanol–water partition coefficient (Wildman–Crippen LogP) is 2.17. The minimum Gasteiger partial charge on any atom is -0.481 e. The molecular formula is C16H19N3O4. The van der Waals surface area contributed by atoms with Crippen LogP contribution in [0.1, 0.15) is 29.5 Å². The van der Waals surface area contributed by atoms with Gasteiger partial charge in [-0.05, 0) is 12.5 Å². The number of hydrogen-bond donors (Lipinski definition) is 2. The summed E-state index contributed by atoms with van der Waals surface area (Å²) in [6.45, 7) is 1.92. The fourth-order valence-electron chi connectivity index (χ4n) is 2.15. The lowest BCUT2D eigenvalue weighted by atomic mass is 10.1. The highest BCUT2D eigenvalue weighted by Crippen LogP contribution is 2.17. The molecule has 0 unspecified atom stereocenters. The van der Waals surface area contributed by atoms with E-state index in [1.54, 1.807) is 24.7 Å². The molecule has 0 radical (unpaired) electrons. The Morgan fingerprint density at radius 2 is 2.04 bits per heavy atom. The van der Waals surface area contributed by atoms with Crippen molar-refractivity contribution in [3.05, 3.63) is 53.6 Å². The summed E-state index contributed by atoms with van der Waals surface area (Å²) in [4.78, 5) is 27.1. The molecule has 1 aromatic carbocycles. The molecule has 7 heteroatoms. The molecule has 1 heterocycles. The predicted molar refractivity (Wildman–Crippen MR) is 82.7 cm³/mol. The molecule has 0 aliphatic rings. The molecule has 0 saturated heterocycles. The van der Waals surface area contributed by atoms with Gasteiger partial charge in [-0.3, -0.25) is 4.79 Å². The van der Waals surface area contributed by atoms with Crippen molar-refractivity contribution in [1.29, 1.82) is 0 Å². The average molecular weight is 317 g/mol. The molecule has 122 valence electrons. The van der Waals surface area contributed by atoms with E-state index in [2.05, 4.69) is 10.3 Å². The summed E-state index contributed by atoms with van der Waals surface area (Å²) in [5.41, 5.74) is 1.47. The second-order valence-electron chi connectivity index (χ2n) is 5.15. The lowest BCUT2D eigenvalue weighted by Gasteiger charge is -2.17. The van der Waals surface area contributed by atoms with E-state index < -0.39 is 18.1 Å². The van der Waals surface area contributed by atoms with E-state index in [1.165, 1.54) is 0 Å². The Kier molecular flexibility index (Phi) is 5.35. The first-order chi connectivity index (χ1) is 11.0. The number of carboxylic acid groups (broad SMARTS) is 1. The van der Waals surface area contributed by atoms with Crippen molar-refractivity contribution in [3.63, 3.8) is 0 Å². The van der Waals surface area contributed by atoms with Crippen LogP contribution in [-0.2, 0) is 23.2 Å². The number of hydrogen-bond acceptors (Lipinski definition) is 4. The molecule has 1 aromatic heterocycles. The Morgan fingerprint density at radius 3 is 2.61 bits per heavy atom. The summed E-state index contributed by atoms with van der Waals surface area (Å²) in [5.74, 6) is -0.285. The van der Waals surface area contributed by atoms with E-state index in [9.17, 15) is 9.59 Å². The minimum atomic E-state index is -1.02. The monoisotopic (exact) mass is 317 g/mol. The topological polar surface area (TPSA) is 93.4 Å². The van der Waals surface area contributed by atoms with Crippen LogP contribution in [0.4, 0.5) is 4.79 Å². The quantitative estimate of drug-likeness (QED) is 0.851. The molecule has 2 N–H and O–H groups in total. The zero-order chi connectivity index (χ0) is 16.8. The van der Waals surface area contributed by atoms with Gasteiger partial charge in [0.15, 0.2) is 0 Å². The number of imidazole rings is 1. The van der Waals surface area contributed by atoms with Crippen LogP contribution in [0.25, 0.3) is 0 Å². The normalized spacial score (nSPS) is 11.7. The van der Waals surface area contributed by atoms with Gasteiger partial charge in [-0.1, -0.05) is 30.3 Å². The molecule has 0 bridgehead atoms. The van der Waals surface area contributed by atoms with Crippen LogP contribution in [0, 0.1) is 6.92 Å². The Hall–Kier alpha value is -2.83. The van der Waals surface area contributed by atoms with Crippen LogP contribution >= 0.6 is 0 Å². The zero-order valence-corrected chi connectivity index (χ0v) is 13.0. The molecule has 0 aliphatic carbocycles. The number of aromatic nitrogens is 2. The number of ether oxygens (including phenoxy) is 1. The molecule has 1 atom stereocenters. The largest absolute Gasteiger partial charge is 0.481 e. The highest BCUT2D eigenvalue weighted by molar-refractivity contribution is 5.71. The fraction of sp³-hybridized carbons (Fsp3) is 0.312. The van der Waals surface area contributed by atoms with Crippen LogP contribution in [0.5, 0.6) is 0 Å². The summed E-state index contributed by atoms with van der Waals surface area (Å²) >= 11 is 0. The lowest BCUT2D eigenvalue weighted by Crippen LogP contribution is -2.31. The standard InChI is InChI=1S/C16H19N3O4/c1-11-17-9-14(19(11)2)13(8-15(20)21)18-16(22)23-10-12-6-4-3-5-7-12/h3-7,9,13H,8,10H2,1-2H3,(H,18,22)(H,20,21)/t13-/m1/s1. The van der Waals surface area contributed by atoms with Gasteiger partial charge < -0.3 is 19.7 Å². The second kappa shape index (κ2) is 7.44. The van der Waals surface area contributed by atoms with E-state index in [0.29, 0.717) is 5.69 Å². The van der Waals surface area contributed by atoms with E-state index in [4.69, 9.17) is 9.84 Å². The van der Waals surface area contributed by atoms with E-state index in [-0.39, 0.29) is 13.0 Å². The van der Waals surface area contributed by atoms with Gasteiger partial charge >= 0.3 is 12.1 Å². The Balaban J connectivity index is 2.01. The maximum atomic E-state index is 11.9. The SMILES string of the molecule is Cc1ncc([C@@H](CC(=O)O)NC(=O)OCc2ccccc2)n1C. The minimum absolute atomic E-state index is 0.122. The molecule has 0 aliphatic heterocycles. The molecule has 2 aromatic rings. The van der Waals surface area contributed by atoms with Gasteiger partial charge in [0, 0.05) is 7.05 Å². The summed E-state index contributed by atoms with van der Waals surface area (Å²) in [7, 11) is 1.77. The summed E-state index contributed by atoms with van der Waals surface area (Å²) in [5, 5.41) is 11.6. The Bertz CT molecular complexity index is 682. The van der Waals surface area contributed by atoms with Crippen molar-refractivity contribution in [3.8, 4) is 0 Å². The number of nitrogens with zero attached hydrogens (tertiary/aromatic N) is 2. The number of nitrogens with one attached hydrogen (secondary N) is 1. The Labute approximate surface area is 133 Å². The van der Waals surface area contributed by atoms with Crippen molar-refractivity contribution in [2.75, 3.05) is 0 Å². The highest BCUT2D eigenvalue weighted by atomic mass is 16.5. The smallest absolute Gasteiger partial charge is 0.408 e. The van der Waals surface area contributed by atoms with E-state index in [0.717, 1.165) is 11.4 Å². The number of alkyl carbamates (subject to hydrolysis) is 1. The first-order valence-electron chi connectivity index (χ1n) is 7.14. The molecule has 23 heavy (non-hydrogen) atoms. The maximum absolute atomic E-state index is 11.9. The lowest BCUT2D eigenvalue weighted by molar-refractivity contribution is -0.137. The molecular weight excluding hydrogens is 298 g/mol. The number of carbonyl (C=O) groups excluding carboxylic acids is 1. The first-order valence-corrected chi connectivity index (χ1v) is 7.14. The van der Waals surface area contributed by atoms with E-state index >= 15 is 0 Å². The van der Waals surface area contributed by atoms with Gasteiger partial charge in [0.25, 0.3) is 0 Å². The summed E-state index contributed by atoms with van der Waals surface area (Å²) < 4.78 is 6.88. The first kappa shape index (κ1) is 16.5. The fourth-order valence-corrected chi connectivity index (χ4v) is 2.15. The molecule has 0 saturated carbocycles. The van der Waals surface area contributed by atoms with Gasteiger partial charge in [-0.15, -0.1) is 0 Å². The highest BCUT2D eigenvalue weighted by Gasteiger charge is 2.22. The van der Waals surface area contributed by atoms with E-state index in [1.807, 2.05) is 30.3 Å². The van der Waals surface area contributed by atoms with Crippen molar-refractivity contribution >= 4 is 12.1 Å². The molecule has 0 fully saturated rings. The molecule has 2 rings (SSSR count). The third-order valence-corrected chi connectivity index (χ3v) is 3.50. The van der Waals surface area contributed by atoms with Gasteiger partial charge in [-0.2, -0.15) is 0 Å². The number of carboxylic acids is 1. The number of benzene rings is 1. The van der Waals surface area contributed by atoms with Crippen LogP contribution in [-0.4, -0.2) is 26.7 Å². The second-order valence-corrected chi connectivity index (χ2v) is 5.15. The van der Waals surface area contributed by atoms with Crippen molar-refractivity contribution in [2.24, 2.45) is 7.05 Å². The third-order valence-electron chi connectivity index (χ3n) is 3.50. The number of aryl methyl sites for hydroxylation is 1. The van der Waals surface area contributed by atoms with Crippen LogP contribution in [0.3, 0.4) is 0 Å². The molecule has 1 amide bonds. The average Bonchev–Trinajstić information content (AvgIpc) is 2.85. The van der Waals surface area contributed by atoms with Crippen molar-refractivity contribution < 1.29 is 19.4 Å². The summed E-state index contributed by atoms with van der Waals surface area (Å²) in [6, 6.07) is 8.54. The Morgan fingerprint density at radius 1 is 1.35 bits per heavy atom. The van der Waals surface area contributed by atoms with Gasteiger partial charge in [0.1, 0.15) is 12.4 Å². The number of aliphatic carboxylic acids is 1. The maximum Gasteiger partial charge on any atom is 0.408 e.